The Bertz CT molecular complexity index is 371. The van der Waals surface area contributed by atoms with Gasteiger partial charge in [-0.05, 0) is 12.8 Å². The van der Waals surface area contributed by atoms with Gasteiger partial charge in [0.05, 0.1) is 18.6 Å². The summed E-state index contributed by atoms with van der Waals surface area (Å²) in [5, 5.41) is 11.3. The van der Waals surface area contributed by atoms with Crippen molar-refractivity contribution in [2.45, 2.75) is 26.2 Å². The molecule has 20 heavy (non-hydrogen) atoms. The van der Waals surface area contributed by atoms with Gasteiger partial charge in [0.1, 0.15) is 0 Å². The topological polar surface area (TPSA) is 82.1 Å². The second kappa shape index (κ2) is 6.41. The first-order chi connectivity index (χ1) is 9.57. The van der Waals surface area contributed by atoms with Crippen LogP contribution in [0.15, 0.2) is 0 Å². The third kappa shape index (κ3) is 3.21. The first kappa shape index (κ1) is 15.1. The molecule has 0 aromatic carbocycles. The van der Waals surface area contributed by atoms with Crippen LogP contribution in [0.5, 0.6) is 0 Å². The van der Waals surface area contributed by atoms with E-state index in [9.17, 15) is 14.7 Å². The molecule has 0 saturated carbocycles. The van der Waals surface area contributed by atoms with Gasteiger partial charge >= 0.3 is 12.0 Å². The zero-order chi connectivity index (χ0) is 14.6. The third-order valence-electron chi connectivity index (χ3n) is 4.09. The fraction of sp³-hybridized carbons (Fsp3) is 0.846. The normalized spacial score (nSPS) is 27.6. The Labute approximate surface area is 118 Å². The molecule has 0 aromatic heterocycles. The molecule has 0 aliphatic carbocycles. The van der Waals surface area contributed by atoms with Crippen molar-refractivity contribution in [1.29, 1.82) is 0 Å². The number of hydrazine groups is 1. The van der Waals surface area contributed by atoms with Crippen LogP contribution in [0.2, 0.25) is 0 Å². The molecule has 1 atom stereocenters. The summed E-state index contributed by atoms with van der Waals surface area (Å²) >= 11 is 0. The summed E-state index contributed by atoms with van der Waals surface area (Å²) < 4.78 is 5.22. The molecule has 2 aliphatic rings. The van der Waals surface area contributed by atoms with E-state index in [-0.39, 0.29) is 6.03 Å². The highest BCUT2D eigenvalue weighted by molar-refractivity contribution is 5.79. The summed E-state index contributed by atoms with van der Waals surface area (Å²) in [6, 6.07) is -0.203. The highest BCUT2D eigenvalue weighted by Crippen LogP contribution is 2.35. The standard InChI is InChI=1S/C13H23N3O4/c1-2-3-13(11(17)18)4-5-15(10-13)12(19)14-16-6-8-20-9-7-16/h2-10H2,1H3,(H,14,19)(H,17,18). The third-order valence-corrected chi connectivity index (χ3v) is 4.09. The van der Waals surface area contributed by atoms with Crippen LogP contribution in [0.1, 0.15) is 26.2 Å². The first-order valence-corrected chi connectivity index (χ1v) is 7.19. The summed E-state index contributed by atoms with van der Waals surface area (Å²) in [5.41, 5.74) is 2.06. The van der Waals surface area contributed by atoms with E-state index in [1.54, 1.807) is 4.90 Å². The summed E-state index contributed by atoms with van der Waals surface area (Å²) in [4.78, 5) is 25.3. The number of hydrogen-bond donors (Lipinski definition) is 2. The minimum absolute atomic E-state index is 0.203. The molecule has 2 N–H and O–H groups in total. The fourth-order valence-corrected chi connectivity index (χ4v) is 2.89. The second-order valence-electron chi connectivity index (χ2n) is 5.52. The van der Waals surface area contributed by atoms with Crippen molar-refractivity contribution >= 4 is 12.0 Å². The highest BCUT2D eigenvalue weighted by Gasteiger charge is 2.45. The van der Waals surface area contributed by atoms with E-state index in [0.717, 1.165) is 6.42 Å². The molecule has 0 radical (unpaired) electrons. The summed E-state index contributed by atoms with van der Waals surface area (Å²) in [7, 11) is 0. The van der Waals surface area contributed by atoms with E-state index in [2.05, 4.69) is 5.43 Å². The Morgan fingerprint density at radius 2 is 2.00 bits per heavy atom. The van der Waals surface area contributed by atoms with Gasteiger partial charge in [-0.1, -0.05) is 13.3 Å². The molecule has 7 nitrogen and oxygen atoms in total. The van der Waals surface area contributed by atoms with Crippen LogP contribution in [0, 0.1) is 5.41 Å². The summed E-state index contributed by atoms with van der Waals surface area (Å²) in [5.74, 6) is -0.791. The van der Waals surface area contributed by atoms with Crippen molar-refractivity contribution in [3.05, 3.63) is 0 Å². The Morgan fingerprint density at radius 3 is 2.60 bits per heavy atom. The largest absolute Gasteiger partial charge is 0.481 e. The van der Waals surface area contributed by atoms with E-state index in [0.29, 0.717) is 52.2 Å². The van der Waals surface area contributed by atoms with Gasteiger partial charge in [-0.3, -0.25) is 10.2 Å². The van der Waals surface area contributed by atoms with Crippen LogP contribution in [-0.2, 0) is 9.53 Å². The lowest BCUT2D eigenvalue weighted by molar-refractivity contribution is -0.148. The molecule has 0 bridgehead atoms. The molecule has 1 unspecified atom stereocenters. The minimum Gasteiger partial charge on any atom is -0.481 e. The molecule has 7 heteroatoms. The number of rotatable bonds is 4. The highest BCUT2D eigenvalue weighted by atomic mass is 16.5. The van der Waals surface area contributed by atoms with E-state index < -0.39 is 11.4 Å². The molecule has 2 heterocycles. The quantitative estimate of drug-likeness (QED) is 0.787. The van der Waals surface area contributed by atoms with Gasteiger partial charge in [0.25, 0.3) is 0 Å². The Hall–Kier alpha value is -1.34. The van der Waals surface area contributed by atoms with Gasteiger partial charge in [-0.25, -0.2) is 9.80 Å². The molecular formula is C13H23N3O4. The van der Waals surface area contributed by atoms with E-state index >= 15 is 0 Å². The maximum absolute atomic E-state index is 12.2. The molecule has 114 valence electrons. The lowest BCUT2D eigenvalue weighted by Crippen LogP contribution is -2.52. The number of carbonyl (C=O) groups excluding carboxylic acids is 1. The zero-order valence-electron chi connectivity index (χ0n) is 11.9. The molecule has 2 aliphatic heterocycles. The average Bonchev–Trinajstić information content (AvgIpc) is 2.86. The summed E-state index contributed by atoms with van der Waals surface area (Å²) in [6.07, 6.45) is 1.96. The number of urea groups is 1. The van der Waals surface area contributed by atoms with Crippen molar-refractivity contribution in [3.63, 3.8) is 0 Å². The Morgan fingerprint density at radius 1 is 1.30 bits per heavy atom. The SMILES string of the molecule is CCCC1(C(=O)O)CCN(C(=O)NN2CCOCC2)C1. The van der Waals surface area contributed by atoms with Crippen molar-refractivity contribution in [2.75, 3.05) is 39.4 Å². The number of amides is 2. The van der Waals surface area contributed by atoms with Crippen molar-refractivity contribution in [3.8, 4) is 0 Å². The van der Waals surface area contributed by atoms with Crippen LogP contribution < -0.4 is 5.43 Å². The summed E-state index contributed by atoms with van der Waals surface area (Å²) in [6.45, 7) is 5.32. The second-order valence-corrected chi connectivity index (χ2v) is 5.52. The maximum atomic E-state index is 12.2. The zero-order valence-corrected chi connectivity index (χ0v) is 11.9. The van der Waals surface area contributed by atoms with Crippen LogP contribution in [0.4, 0.5) is 4.79 Å². The van der Waals surface area contributed by atoms with Gasteiger partial charge in [0, 0.05) is 26.2 Å². The lowest BCUT2D eigenvalue weighted by atomic mass is 9.83. The smallest absolute Gasteiger partial charge is 0.331 e. The molecule has 2 fully saturated rings. The fourth-order valence-electron chi connectivity index (χ4n) is 2.89. The number of morpholine rings is 1. The molecule has 2 amide bonds. The molecule has 2 rings (SSSR count). The van der Waals surface area contributed by atoms with Crippen LogP contribution in [0.3, 0.4) is 0 Å². The number of carboxylic acid groups (broad SMARTS) is 1. The molecule has 0 aromatic rings. The van der Waals surface area contributed by atoms with E-state index in [1.165, 1.54) is 0 Å². The molecule has 2 saturated heterocycles. The maximum Gasteiger partial charge on any atom is 0.331 e. The lowest BCUT2D eigenvalue weighted by Gasteiger charge is -2.30. The first-order valence-electron chi connectivity index (χ1n) is 7.19. The van der Waals surface area contributed by atoms with Crippen molar-refractivity contribution in [2.24, 2.45) is 5.41 Å². The number of ether oxygens (including phenoxy) is 1. The minimum atomic E-state index is -0.791. The number of carbonyl (C=O) groups is 2. The van der Waals surface area contributed by atoms with Gasteiger partial charge in [0.2, 0.25) is 0 Å². The van der Waals surface area contributed by atoms with Crippen LogP contribution in [0.25, 0.3) is 0 Å². The predicted octanol–water partition coefficient (Wildman–Crippen LogP) is 0.520. The van der Waals surface area contributed by atoms with E-state index in [4.69, 9.17) is 4.74 Å². The van der Waals surface area contributed by atoms with Crippen LogP contribution in [-0.4, -0.2) is 66.4 Å². The van der Waals surface area contributed by atoms with Crippen molar-refractivity contribution < 1.29 is 19.4 Å². The number of carboxylic acids is 1. The molecule has 0 spiro atoms. The van der Waals surface area contributed by atoms with E-state index in [1.807, 2.05) is 11.9 Å². The van der Waals surface area contributed by atoms with Gasteiger partial charge in [-0.2, -0.15) is 0 Å². The Balaban J connectivity index is 1.90. The predicted molar refractivity (Wildman–Crippen MR) is 72.1 cm³/mol. The average molecular weight is 285 g/mol. The van der Waals surface area contributed by atoms with Crippen molar-refractivity contribution in [1.82, 2.24) is 15.3 Å². The number of nitrogens with zero attached hydrogens (tertiary/aromatic N) is 2. The Kier molecular flexibility index (Phi) is 4.82. The number of likely N-dealkylation sites (tertiary alicyclic amines) is 1. The monoisotopic (exact) mass is 285 g/mol. The number of aliphatic carboxylic acids is 1. The van der Waals surface area contributed by atoms with Gasteiger partial charge in [-0.15, -0.1) is 0 Å². The number of nitrogens with one attached hydrogen (secondary N) is 1. The van der Waals surface area contributed by atoms with Crippen LogP contribution >= 0.6 is 0 Å². The van der Waals surface area contributed by atoms with Gasteiger partial charge in [0.15, 0.2) is 0 Å². The number of hydrogen-bond acceptors (Lipinski definition) is 4. The van der Waals surface area contributed by atoms with Gasteiger partial charge < -0.3 is 14.7 Å². The molecular weight excluding hydrogens is 262 g/mol.